The highest BCUT2D eigenvalue weighted by Crippen LogP contribution is 2.35. The van der Waals surface area contributed by atoms with E-state index in [1.165, 1.54) is 4.70 Å². The molecule has 0 radical (unpaired) electrons. The minimum atomic E-state index is 0.735. The molecular formula is C17H10ClNOS2. The third-order valence-corrected chi connectivity index (χ3v) is 5.35. The molecule has 0 spiro atoms. The lowest BCUT2D eigenvalue weighted by atomic mass is 10.3. The minimum absolute atomic E-state index is 0.735. The Kier molecular flexibility index (Phi) is 3.66. The van der Waals surface area contributed by atoms with Crippen LogP contribution in [0.3, 0.4) is 0 Å². The summed E-state index contributed by atoms with van der Waals surface area (Å²) < 4.78 is 7.08. The van der Waals surface area contributed by atoms with E-state index in [2.05, 4.69) is 11.1 Å². The second-order valence-corrected chi connectivity index (χ2v) is 7.21. The predicted molar refractivity (Wildman–Crippen MR) is 92.9 cm³/mol. The summed E-state index contributed by atoms with van der Waals surface area (Å²) in [5.41, 5.74) is 1.01. The van der Waals surface area contributed by atoms with Crippen molar-refractivity contribution in [2.45, 2.75) is 9.99 Å². The number of nitrogens with zero attached hydrogens (tertiary/aromatic N) is 1. The van der Waals surface area contributed by atoms with Crippen molar-refractivity contribution in [1.29, 1.82) is 0 Å². The molecule has 0 atom stereocenters. The van der Waals surface area contributed by atoms with Crippen LogP contribution in [-0.4, -0.2) is 4.98 Å². The van der Waals surface area contributed by atoms with Crippen molar-refractivity contribution in [3.05, 3.63) is 65.7 Å². The predicted octanol–water partition coefficient (Wildman–Crippen LogP) is 6.36. The topological polar surface area (TPSA) is 26.0 Å². The molecule has 0 fully saturated rings. The molecule has 0 aliphatic carbocycles. The maximum Gasteiger partial charge on any atom is 0.165 e. The molecule has 4 aromatic rings. The second-order valence-electron chi connectivity index (χ2n) is 4.66. The molecule has 0 aliphatic rings. The Balaban J connectivity index is 1.61. The Morgan fingerprint density at radius 2 is 1.77 bits per heavy atom. The molecule has 0 N–H and O–H groups in total. The zero-order chi connectivity index (χ0) is 14.9. The molecule has 2 aromatic heterocycles. The highest BCUT2D eigenvalue weighted by Gasteiger charge is 2.11. The zero-order valence-electron chi connectivity index (χ0n) is 11.3. The first-order valence-corrected chi connectivity index (χ1v) is 8.68. The van der Waals surface area contributed by atoms with Crippen LogP contribution < -0.4 is 0 Å². The largest absolute Gasteiger partial charge is 0.447 e. The van der Waals surface area contributed by atoms with Crippen LogP contribution >= 0.6 is 34.7 Å². The van der Waals surface area contributed by atoms with Crippen LogP contribution in [0.5, 0.6) is 0 Å². The first-order valence-electron chi connectivity index (χ1n) is 6.67. The number of benzene rings is 2. The van der Waals surface area contributed by atoms with Gasteiger partial charge in [-0.1, -0.05) is 35.5 Å². The average molecular weight is 344 g/mol. The Labute approximate surface area is 140 Å². The van der Waals surface area contributed by atoms with E-state index in [9.17, 15) is 0 Å². The van der Waals surface area contributed by atoms with E-state index < -0.39 is 0 Å². The van der Waals surface area contributed by atoms with Crippen LogP contribution in [0, 0.1) is 0 Å². The third kappa shape index (κ3) is 2.77. The monoisotopic (exact) mass is 343 g/mol. The number of halogens is 1. The van der Waals surface area contributed by atoms with E-state index in [1.54, 1.807) is 23.1 Å². The van der Waals surface area contributed by atoms with Crippen molar-refractivity contribution in [3.63, 3.8) is 0 Å². The number of thiazole rings is 1. The summed E-state index contributed by atoms with van der Waals surface area (Å²) in [4.78, 5) is 5.71. The lowest BCUT2D eigenvalue weighted by molar-refractivity contribution is 0.488. The molecule has 4 rings (SSSR count). The van der Waals surface area contributed by atoms with Crippen molar-refractivity contribution in [3.8, 4) is 10.8 Å². The number of furan rings is 1. The molecule has 0 amide bonds. The fourth-order valence-electron chi connectivity index (χ4n) is 2.09. The normalized spacial score (nSPS) is 11.1. The Hall–Kier alpha value is -1.75. The number of hydrogen-bond donors (Lipinski definition) is 0. The summed E-state index contributed by atoms with van der Waals surface area (Å²) in [6, 6.07) is 19.8. The van der Waals surface area contributed by atoms with Gasteiger partial charge in [0.15, 0.2) is 15.9 Å². The van der Waals surface area contributed by atoms with Crippen molar-refractivity contribution < 1.29 is 4.42 Å². The maximum atomic E-state index is 5.91. The molecule has 108 valence electrons. The summed E-state index contributed by atoms with van der Waals surface area (Å²) in [5, 5.41) is 2.49. The van der Waals surface area contributed by atoms with Gasteiger partial charge in [0.05, 0.1) is 10.2 Å². The second kappa shape index (κ2) is 5.80. The molecule has 0 bridgehead atoms. The van der Waals surface area contributed by atoms with E-state index in [0.717, 1.165) is 31.3 Å². The molecule has 2 nitrogen and oxygen atoms in total. The Morgan fingerprint density at radius 1 is 0.955 bits per heavy atom. The first kappa shape index (κ1) is 13.9. The number of hydrogen-bond acceptors (Lipinski definition) is 4. The fraction of sp³-hybridized carbons (Fsp3) is 0. The van der Waals surface area contributed by atoms with Gasteiger partial charge in [-0.2, -0.15) is 0 Å². The number of para-hydroxylation sites is 1. The highest BCUT2D eigenvalue weighted by molar-refractivity contribution is 7.99. The summed E-state index contributed by atoms with van der Waals surface area (Å²) in [6.45, 7) is 0. The summed E-state index contributed by atoms with van der Waals surface area (Å²) >= 11 is 9.11. The summed E-state index contributed by atoms with van der Waals surface area (Å²) in [7, 11) is 0. The van der Waals surface area contributed by atoms with Gasteiger partial charge in [0.2, 0.25) is 0 Å². The molecule has 2 heterocycles. The lowest BCUT2D eigenvalue weighted by Crippen LogP contribution is -1.71. The molecule has 0 saturated heterocycles. The van der Waals surface area contributed by atoms with Crippen LogP contribution in [0.2, 0.25) is 5.02 Å². The van der Waals surface area contributed by atoms with Crippen molar-refractivity contribution >= 4 is 44.9 Å². The smallest absolute Gasteiger partial charge is 0.165 e. The van der Waals surface area contributed by atoms with Crippen LogP contribution in [0.4, 0.5) is 0 Å². The van der Waals surface area contributed by atoms with Crippen molar-refractivity contribution in [1.82, 2.24) is 4.98 Å². The van der Waals surface area contributed by atoms with E-state index >= 15 is 0 Å². The maximum absolute atomic E-state index is 5.91. The quantitative estimate of drug-likeness (QED) is 0.433. The van der Waals surface area contributed by atoms with Gasteiger partial charge in [0, 0.05) is 9.92 Å². The van der Waals surface area contributed by atoms with Gasteiger partial charge < -0.3 is 4.42 Å². The summed E-state index contributed by atoms with van der Waals surface area (Å²) in [5.74, 6) is 0.803. The van der Waals surface area contributed by atoms with E-state index in [0.29, 0.717) is 0 Å². The van der Waals surface area contributed by atoms with E-state index in [4.69, 9.17) is 16.0 Å². The molecule has 0 unspecified atom stereocenters. The number of rotatable bonds is 3. The third-order valence-electron chi connectivity index (χ3n) is 3.12. The fourth-order valence-corrected chi connectivity index (χ4v) is 3.91. The first-order chi connectivity index (χ1) is 10.8. The van der Waals surface area contributed by atoms with Crippen LogP contribution in [0.25, 0.3) is 21.0 Å². The SMILES string of the molecule is Clc1ccc(Sc2ccc(-c3nc4ccccc4s3)o2)cc1. The summed E-state index contributed by atoms with van der Waals surface area (Å²) in [6.07, 6.45) is 0. The number of aromatic nitrogens is 1. The Bertz CT molecular complexity index is 894. The zero-order valence-corrected chi connectivity index (χ0v) is 13.7. The minimum Gasteiger partial charge on any atom is -0.447 e. The van der Waals surface area contributed by atoms with Gasteiger partial charge in [0.25, 0.3) is 0 Å². The molecule has 0 aliphatic heterocycles. The molecule has 2 aromatic carbocycles. The lowest BCUT2D eigenvalue weighted by Gasteiger charge is -1.97. The Morgan fingerprint density at radius 3 is 2.59 bits per heavy atom. The van der Waals surface area contributed by atoms with E-state index in [1.807, 2.05) is 54.6 Å². The van der Waals surface area contributed by atoms with Gasteiger partial charge in [0.1, 0.15) is 0 Å². The highest BCUT2D eigenvalue weighted by atomic mass is 35.5. The van der Waals surface area contributed by atoms with Crippen LogP contribution in [0.1, 0.15) is 0 Å². The standard InChI is InChI=1S/C17H10ClNOS2/c18-11-5-7-12(8-6-11)21-16-10-9-14(20-16)17-19-13-3-1-2-4-15(13)22-17/h1-10H. The van der Waals surface area contributed by atoms with Crippen molar-refractivity contribution in [2.24, 2.45) is 0 Å². The molecule has 5 heteroatoms. The van der Waals surface area contributed by atoms with Gasteiger partial charge in [-0.05, 0) is 48.5 Å². The van der Waals surface area contributed by atoms with E-state index in [-0.39, 0.29) is 0 Å². The molecule has 22 heavy (non-hydrogen) atoms. The van der Waals surface area contributed by atoms with Crippen molar-refractivity contribution in [2.75, 3.05) is 0 Å². The van der Waals surface area contributed by atoms with Gasteiger partial charge in [-0.3, -0.25) is 0 Å². The van der Waals surface area contributed by atoms with Crippen LogP contribution in [0.15, 0.2) is 75.1 Å². The molecule has 0 saturated carbocycles. The van der Waals surface area contributed by atoms with Gasteiger partial charge in [-0.15, -0.1) is 11.3 Å². The van der Waals surface area contributed by atoms with Gasteiger partial charge >= 0.3 is 0 Å². The molecular weight excluding hydrogens is 334 g/mol. The average Bonchev–Trinajstić information content (AvgIpc) is 3.15. The van der Waals surface area contributed by atoms with Gasteiger partial charge in [-0.25, -0.2) is 4.98 Å². The number of fused-ring (bicyclic) bond motifs is 1. The van der Waals surface area contributed by atoms with Crippen LogP contribution in [-0.2, 0) is 0 Å².